The fraction of sp³-hybridized carbons (Fsp3) is 1.00. The lowest BCUT2D eigenvalue weighted by molar-refractivity contribution is -0.0486. The molecule has 14 heavy (non-hydrogen) atoms. The Morgan fingerprint density at radius 2 is 2.00 bits per heavy atom. The summed E-state index contributed by atoms with van der Waals surface area (Å²) in [6, 6.07) is 0. The van der Waals surface area contributed by atoms with E-state index in [9.17, 15) is 0 Å². The van der Waals surface area contributed by atoms with Crippen molar-refractivity contribution in [2.45, 2.75) is 58.0 Å². The van der Waals surface area contributed by atoms with Crippen LogP contribution in [0.3, 0.4) is 0 Å². The normalized spacial score (nSPS) is 22.5. The predicted molar refractivity (Wildman–Crippen MR) is 60.3 cm³/mol. The molecule has 1 atom stereocenters. The molecule has 0 aromatic heterocycles. The fourth-order valence-electron chi connectivity index (χ4n) is 2.32. The van der Waals surface area contributed by atoms with Gasteiger partial charge in [0.15, 0.2) is 0 Å². The van der Waals surface area contributed by atoms with Gasteiger partial charge in [-0.3, -0.25) is 0 Å². The first kappa shape index (κ1) is 12.0. The molecule has 0 radical (unpaired) electrons. The zero-order valence-corrected chi connectivity index (χ0v) is 9.72. The van der Waals surface area contributed by atoms with E-state index >= 15 is 0 Å². The summed E-state index contributed by atoms with van der Waals surface area (Å²) in [4.78, 5) is 0. The van der Waals surface area contributed by atoms with Gasteiger partial charge in [0.05, 0.1) is 5.60 Å². The van der Waals surface area contributed by atoms with Crippen LogP contribution in [0.1, 0.15) is 52.4 Å². The van der Waals surface area contributed by atoms with Crippen LogP contribution in [-0.2, 0) is 4.74 Å². The van der Waals surface area contributed by atoms with Crippen LogP contribution in [-0.4, -0.2) is 18.8 Å². The molecule has 2 N–H and O–H groups in total. The molecule has 2 heteroatoms. The van der Waals surface area contributed by atoms with E-state index in [1.165, 1.54) is 38.5 Å². The number of ether oxygens (including phenoxy) is 1. The van der Waals surface area contributed by atoms with Crippen LogP contribution in [0.2, 0.25) is 0 Å². The lowest BCUT2D eigenvalue weighted by atomic mass is 10.0. The van der Waals surface area contributed by atoms with Crippen LogP contribution < -0.4 is 5.73 Å². The molecule has 1 unspecified atom stereocenters. The largest absolute Gasteiger partial charge is 0.373 e. The number of rotatable bonds is 6. The molecule has 0 aliphatic heterocycles. The van der Waals surface area contributed by atoms with Crippen molar-refractivity contribution in [2.24, 2.45) is 11.7 Å². The topological polar surface area (TPSA) is 35.2 Å². The van der Waals surface area contributed by atoms with E-state index in [0.717, 1.165) is 6.61 Å². The van der Waals surface area contributed by atoms with Crippen LogP contribution in [0.15, 0.2) is 0 Å². The SMILES string of the molecule is CCCC(C)COC1(CN)CCCC1. The van der Waals surface area contributed by atoms with Crippen LogP contribution in [0, 0.1) is 5.92 Å². The Bertz CT molecular complexity index is 152. The van der Waals surface area contributed by atoms with Crippen molar-refractivity contribution in [2.75, 3.05) is 13.2 Å². The van der Waals surface area contributed by atoms with E-state index in [2.05, 4.69) is 13.8 Å². The first-order chi connectivity index (χ1) is 6.72. The predicted octanol–water partition coefficient (Wildman–Crippen LogP) is 2.71. The molecule has 1 fully saturated rings. The van der Waals surface area contributed by atoms with Crippen molar-refractivity contribution in [1.82, 2.24) is 0 Å². The summed E-state index contributed by atoms with van der Waals surface area (Å²) in [6.07, 6.45) is 7.43. The van der Waals surface area contributed by atoms with Gasteiger partial charge in [0.2, 0.25) is 0 Å². The van der Waals surface area contributed by atoms with Gasteiger partial charge in [0, 0.05) is 13.2 Å². The van der Waals surface area contributed by atoms with Gasteiger partial charge in [-0.1, -0.05) is 33.1 Å². The van der Waals surface area contributed by atoms with E-state index in [1.807, 2.05) is 0 Å². The summed E-state index contributed by atoms with van der Waals surface area (Å²) in [5, 5.41) is 0. The average Bonchev–Trinajstić information content (AvgIpc) is 2.65. The Balaban J connectivity index is 2.27. The molecule has 1 rings (SSSR count). The third-order valence-electron chi connectivity index (χ3n) is 3.34. The molecular weight excluding hydrogens is 174 g/mol. The monoisotopic (exact) mass is 199 g/mol. The maximum atomic E-state index is 6.03. The van der Waals surface area contributed by atoms with Crippen LogP contribution >= 0.6 is 0 Å². The number of hydrogen-bond acceptors (Lipinski definition) is 2. The highest BCUT2D eigenvalue weighted by Crippen LogP contribution is 2.32. The Morgan fingerprint density at radius 1 is 1.36 bits per heavy atom. The van der Waals surface area contributed by atoms with Gasteiger partial charge in [-0.05, 0) is 25.2 Å². The van der Waals surface area contributed by atoms with Crippen molar-refractivity contribution in [3.8, 4) is 0 Å². The molecule has 1 aliphatic carbocycles. The Kier molecular flexibility index (Phi) is 4.90. The van der Waals surface area contributed by atoms with Crippen molar-refractivity contribution in [3.63, 3.8) is 0 Å². The lowest BCUT2D eigenvalue weighted by Gasteiger charge is -2.29. The molecule has 2 nitrogen and oxygen atoms in total. The van der Waals surface area contributed by atoms with Crippen molar-refractivity contribution < 1.29 is 4.74 Å². The zero-order valence-electron chi connectivity index (χ0n) is 9.72. The van der Waals surface area contributed by atoms with Crippen LogP contribution in [0.5, 0.6) is 0 Å². The van der Waals surface area contributed by atoms with Crippen molar-refractivity contribution in [3.05, 3.63) is 0 Å². The van der Waals surface area contributed by atoms with Gasteiger partial charge in [-0.15, -0.1) is 0 Å². The first-order valence-corrected chi connectivity index (χ1v) is 6.06. The van der Waals surface area contributed by atoms with Gasteiger partial charge in [-0.2, -0.15) is 0 Å². The van der Waals surface area contributed by atoms with E-state index in [0.29, 0.717) is 12.5 Å². The number of hydrogen-bond donors (Lipinski definition) is 1. The summed E-state index contributed by atoms with van der Waals surface area (Å²) < 4.78 is 6.03. The number of nitrogens with two attached hydrogens (primary N) is 1. The maximum absolute atomic E-state index is 6.03. The summed E-state index contributed by atoms with van der Waals surface area (Å²) in [5.41, 5.74) is 5.85. The fourth-order valence-corrected chi connectivity index (χ4v) is 2.32. The second-order valence-electron chi connectivity index (χ2n) is 4.80. The molecule has 0 aromatic rings. The standard InChI is InChI=1S/C12H25NO/c1-3-6-11(2)9-14-12(10-13)7-4-5-8-12/h11H,3-10,13H2,1-2H3. The first-order valence-electron chi connectivity index (χ1n) is 6.06. The third-order valence-corrected chi connectivity index (χ3v) is 3.34. The van der Waals surface area contributed by atoms with Gasteiger partial charge < -0.3 is 10.5 Å². The molecule has 0 amide bonds. The Labute approximate surface area is 88.2 Å². The molecule has 84 valence electrons. The Hall–Kier alpha value is -0.0800. The van der Waals surface area contributed by atoms with E-state index in [-0.39, 0.29) is 5.60 Å². The summed E-state index contributed by atoms with van der Waals surface area (Å²) in [7, 11) is 0. The van der Waals surface area contributed by atoms with E-state index in [4.69, 9.17) is 10.5 Å². The van der Waals surface area contributed by atoms with Gasteiger partial charge in [0.1, 0.15) is 0 Å². The quantitative estimate of drug-likeness (QED) is 0.714. The minimum atomic E-state index is 0.0437. The Morgan fingerprint density at radius 3 is 2.50 bits per heavy atom. The minimum absolute atomic E-state index is 0.0437. The summed E-state index contributed by atoms with van der Waals surface area (Å²) in [6.45, 7) is 6.09. The third kappa shape index (κ3) is 3.25. The highest BCUT2D eigenvalue weighted by atomic mass is 16.5. The average molecular weight is 199 g/mol. The maximum Gasteiger partial charge on any atom is 0.0804 e. The summed E-state index contributed by atoms with van der Waals surface area (Å²) in [5.74, 6) is 0.684. The minimum Gasteiger partial charge on any atom is -0.373 e. The van der Waals surface area contributed by atoms with E-state index in [1.54, 1.807) is 0 Å². The summed E-state index contributed by atoms with van der Waals surface area (Å²) >= 11 is 0. The van der Waals surface area contributed by atoms with Crippen LogP contribution in [0.4, 0.5) is 0 Å². The molecule has 0 bridgehead atoms. The molecule has 0 saturated heterocycles. The molecule has 1 aliphatic rings. The second-order valence-corrected chi connectivity index (χ2v) is 4.80. The van der Waals surface area contributed by atoms with Crippen molar-refractivity contribution >= 4 is 0 Å². The van der Waals surface area contributed by atoms with Gasteiger partial charge in [0.25, 0.3) is 0 Å². The lowest BCUT2D eigenvalue weighted by Crippen LogP contribution is -2.39. The molecule has 0 aromatic carbocycles. The molecular formula is C12H25NO. The molecule has 0 heterocycles. The molecule has 0 spiro atoms. The highest BCUT2D eigenvalue weighted by molar-refractivity contribution is 4.87. The zero-order chi connectivity index (χ0) is 10.4. The molecule has 1 saturated carbocycles. The van der Waals surface area contributed by atoms with E-state index < -0.39 is 0 Å². The second kappa shape index (κ2) is 5.72. The van der Waals surface area contributed by atoms with Gasteiger partial charge >= 0.3 is 0 Å². The highest BCUT2D eigenvalue weighted by Gasteiger charge is 2.33. The van der Waals surface area contributed by atoms with Crippen molar-refractivity contribution in [1.29, 1.82) is 0 Å². The van der Waals surface area contributed by atoms with Gasteiger partial charge in [-0.25, -0.2) is 0 Å². The van der Waals surface area contributed by atoms with Crippen LogP contribution in [0.25, 0.3) is 0 Å². The smallest absolute Gasteiger partial charge is 0.0804 e.